The van der Waals surface area contributed by atoms with Gasteiger partial charge in [0, 0.05) is 17.4 Å². The summed E-state index contributed by atoms with van der Waals surface area (Å²) in [7, 11) is 2.62. The van der Waals surface area contributed by atoms with Crippen LogP contribution in [0.2, 0.25) is 0 Å². The van der Waals surface area contributed by atoms with E-state index in [1.807, 2.05) is 0 Å². The highest BCUT2D eigenvalue weighted by atomic mass is 79.9. The molecule has 0 spiro atoms. The second-order valence-corrected chi connectivity index (χ2v) is 12.3. The third kappa shape index (κ3) is 3.12. The number of halogens is 4. The molecule has 2 aliphatic carbocycles. The van der Waals surface area contributed by atoms with Gasteiger partial charge in [0.25, 0.3) is 11.8 Å². The van der Waals surface area contributed by atoms with E-state index < -0.39 is 63.1 Å². The van der Waals surface area contributed by atoms with E-state index >= 15 is 0 Å². The molecule has 6 atom stereocenters. The van der Waals surface area contributed by atoms with Gasteiger partial charge in [-0.05, 0) is 62.2 Å². The molecule has 37 heavy (non-hydrogen) atoms. The lowest BCUT2D eigenvalue weighted by molar-refractivity contribution is -0.139. The van der Waals surface area contributed by atoms with Gasteiger partial charge in [0.05, 0.1) is 23.4 Å². The molecule has 3 N–H and O–H groups in total. The predicted octanol–water partition coefficient (Wildman–Crippen LogP) is 2.99. The molecule has 14 heteroatoms. The molecule has 1 aromatic carbocycles. The summed E-state index contributed by atoms with van der Waals surface area (Å²) >= 11 is 20.9. The normalized spacial score (nSPS) is 34.8. The Morgan fingerprint density at radius 2 is 1.78 bits per heavy atom. The van der Waals surface area contributed by atoms with Crippen molar-refractivity contribution < 1.29 is 33.8 Å². The Morgan fingerprint density at radius 1 is 1.14 bits per heavy atom. The maximum Gasteiger partial charge on any atom is 0.328 e. The Balaban J connectivity index is 1.79. The number of amides is 6. The topological polar surface area (TPSA) is 147 Å². The molecular weight excluding hydrogens is 661 g/mol. The van der Waals surface area contributed by atoms with Crippen LogP contribution in [0.15, 0.2) is 26.7 Å². The summed E-state index contributed by atoms with van der Waals surface area (Å²) < 4.78 is 5.84. The van der Waals surface area contributed by atoms with E-state index in [0.717, 1.165) is 4.90 Å². The standard InChI is InChI=1S/C23H19Br2Cl2N3O7/c1-29-19(34)22(26)6-10-7(3-4-8-12(10)18(33)30(17(8)32)21(28)36)13(23(22,27)20(29)35)9-5-11(37-2)16(31)15(25)14(9)24/h3,5,8,10,12-13,31H,4,6H2,1-2H3,(H2,28,36)/t8-,10+,12-,13+,22+,23-/m0/s1. The van der Waals surface area contributed by atoms with Gasteiger partial charge in [-0.2, -0.15) is 4.90 Å². The summed E-state index contributed by atoms with van der Waals surface area (Å²) in [6, 6.07) is 0.284. The predicted molar refractivity (Wildman–Crippen MR) is 137 cm³/mol. The minimum atomic E-state index is -2.02. The number of ether oxygens (including phenoxy) is 1. The minimum Gasteiger partial charge on any atom is -0.503 e. The summed E-state index contributed by atoms with van der Waals surface area (Å²) in [4.78, 5) is 62.4. The average Bonchev–Trinajstić information content (AvgIpc) is 3.18. The van der Waals surface area contributed by atoms with Crippen LogP contribution in [-0.4, -0.2) is 68.5 Å². The summed E-state index contributed by atoms with van der Waals surface area (Å²) in [5.74, 6) is -6.96. The van der Waals surface area contributed by atoms with Crippen LogP contribution < -0.4 is 10.5 Å². The smallest absolute Gasteiger partial charge is 0.328 e. The van der Waals surface area contributed by atoms with Gasteiger partial charge in [-0.1, -0.05) is 11.6 Å². The molecule has 1 aromatic rings. The largest absolute Gasteiger partial charge is 0.503 e. The lowest BCUT2D eigenvalue weighted by atomic mass is 9.56. The number of hydrogen-bond acceptors (Lipinski definition) is 7. The van der Waals surface area contributed by atoms with E-state index in [9.17, 15) is 29.1 Å². The van der Waals surface area contributed by atoms with Crippen LogP contribution in [0.25, 0.3) is 0 Å². The Bertz CT molecular complexity index is 1370. The lowest BCUT2D eigenvalue weighted by Crippen LogP contribution is -2.60. The van der Waals surface area contributed by atoms with Gasteiger partial charge in [-0.25, -0.2) is 4.79 Å². The minimum absolute atomic E-state index is 0.0547. The monoisotopic (exact) mass is 677 g/mol. The van der Waals surface area contributed by atoms with E-state index in [1.165, 1.54) is 20.2 Å². The van der Waals surface area contributed by atoms with Crippen LogP contribution >= 0.6 is 55.1 Å². The van der Waals surface area contributed by atoms with Crippen LogP contribution in [0.1, 0.15) is 24.3 Å². The number of fused-ring (bicyclic) bond motifs is 4. The van der Waals surface area contributed by atoms with Crippen molar-refractivity contribution in [2.24, 2.45) is 23.5 Å². The second kappa shape index (κ2) is 8.42. The van der Waals surface area contributed by atoms with Crippen LogP contribution in [0, 0.1) is 17.8 Å². The third-order valence-electron chi connectivity index (χ3n) is 7.94. The molecule has 0 bridgehead atoms. The number of allylic oxidation sites excluding steroid dienone is 2. The summed E-state index contributed by atoms with van der Waals surface area (Å²) in [5, 5.41) is 10.5. The van der Waals surface area contributed by atoms with Crippen LogP contribution in [0.4, 0.5) is 4.79 Å². The van der Waals surface area contributed by atoms with Crippen molar-refractivity contribution in [3.05, 3.63) is 32.2 Å². The maximum absolute atomic E-state index is 13.6. The van der Waals surface area contributed by atoms with Crippen molar-refractivity contribution >= 4 is 84.7 Å². The molecule has 196 valence electrons. The molecule has 2 heterocycles. The van der Waals surface area contributed by atoms with Gasteiger partial charge >= 0.3 is 6.03 Å². The summed E-state index contributed by atoms with van der Waals surface area (Å²) in [6.45, 7) is 0. The van der Waals surface area contributed by atoms with Gasteiger partial charge in [0.2, 0.25) is 11.8 Å². The molecule has 10 nitrogen and oxygen atoms in total. The highest BCUT2D eigenvalue weighted by Crippen LogP contribution is 2.66. The van der Waals surface area contributed by atoms with Crippen molar-refractivity contribution in [1.29, 1.82) is 0 Å². The number of nitrogens with two attached hydrogens (primary N) is 1. The first-order valence-electron chi connectivity index (χ1n) is 11.1. The number of urea groups is 1. The molecule has 0 radical (unpaired) electrons. The van der Waals surface area contributed by atoms with E-state index in [1.54, 1.807) is 6.08 Å². The number of alkyl halides is 2. The number of phenols is 1. The fourth-order valence-corrected chi connectivity index (χ4v) is 8.25. The van der Waals surface area contributed by atoms with Crippen molar-refractivity contribution in [2.75, 3.05) is 14.2 Å². The number of carbonyl (C=O) groups is 5. The zero-order valence-corrected chi connectivity index (χ0v) is 23.9. The fourth-order valence-electron chi connectivity index (χ4n) is 6.28. The Labute approximate surface area is 237 Å². The highest BCUT2D eigenvalue weighted by molar-refractivity contribution is 9.13. The van der Waals surface area contributed by atoms with E-state index in [4.69, 9.17) is 33.7 Å². The molecule has 1 saturated carbocycles. The molecule has 2 aliphatic heterocycles. The number of likely N-dealkylation sites (tertiary alicyclic amines) is 2. The van der Waals surface area contributed by atoms with Gasteiger partial charge in [-0.15, -0.1) is 23.2 Å². The Kier molecular flexibility index (Phi) is 6.02. The quantitative estimate of drug-likeness (QED) is 0.278. The van der Waals surface area contributed by atoms with Gasteiger partial charge in [-0.3, -0.25) is 24.1 Å². The second-order valence-electron chi connectivity index (χ2n) is 9.49. The van der Waals surface area contributed by atoms with E-state index in [0.29, 0.717) is 20.5 Å². The molecule has 6 amide bonds. The van der Waals surface area contributed by atoms with Crippen molar-refractivity contribution in [2.45, 2.75) is 28.5 Å². The van der Waals surface area contributed by atoms with Crippen molar-refractivity contribution in [3.63, 3.8) is 0 Å². The molecular formula is C23H19Br2Cl2N3O7. The number of phenolic OH excluding ortho intramolecular Hbond substituents is 1. The number of hydrogen-bond donors (Lipinski definition) is 2. The van der Waals surface area contributed by atoms with E-state index in [2.05, 4.69) is 31.9 Å². The summed E-state index contributed by atoms with van der Waals surface area (Å²) in [5.41, 5.74) is 6.19. The maximum atomic E-state index is 13.6. The number of aromatic hydroxyl groups is 1. The Morgan fingerprint density at radius 3 is 2.38 bits per heavy atom. The zero-order chi connectivity index (χ0) is 27.4. The summed E-state index contributed by atoms with van der Waals surface area (Å²) in [6.07, 6.45) is 1.56. The highest BCUT2D eigenvalue weighted by Gasteiger charge is 2.76. The molecule has 0 unspecified atom stereocenters. The number of nitrogens with zero attached hydrogens (tertiary/aromatic N) is 2. The molecule has 3 fully saturated rings. The number of imide groups is 4. The number of methoxy groups -OCH3 is 1. The molecule has 0 aromatic heterocycles. The van der Waals surface area contributed by atoms with Crippen LogP contribution in [0.5, 0.6) is 11.5 Å². The van der Waals surface area contributed by atoms with Crippen LogP contribution in [-0.2, 0) is 19.2 Å². The van der Waals surface area contributed by atoms with Crippen molar-refractivity contribution in [3.8, 4) is 11.5 Å². The molecule has 4 aliphatic rings. The van der Waals surface area contributed by atoms with Crippen LogP contribution in [0.3, 0.4) is 0 Å². The number of benzene rings is 1. The van der Waals surface area contributed by atoms with Gasteiger partial charge in [0.1, 0.15) is 0 Å². The fraction of sp³-hybridized carbons (Fsp3) is 0.435. The first kappa shape index (κ1) is 26.5. The zero-order valence-electron chi connectivity index (χ0n) is 19.3. The third-order valence-corrected chi connectivity index (χ3v) is 11.5. The molecule has 2 saturated heterocycles. The first-order chi connectivity index (χ1) is 17.2. The number of rotatable bonds is 2. The van der Waals surface area contributed by atoms with Gasteiger partial charge < -0.3 is 15.6 Å². The number of primary amides is 1. The SMILES string of the molecule is COc1cc([C@H]2C3=CC[C@@H]4C(=O)N(C(N)=O)C(=O)[C@@H]4[C@@H]3C[C@@]3(Cl)C(=O)N(C)C(=O)[C@@]23Cl)c(Br)c(Br)c1O. The first-order valence-corrected chi connectivity index (χ1v) is 13.4. The van der Waals surface area contributed by atoms with Gasteiger partial charge in [0.15, 0.2) is 21.2 Å². The van der Waals surface area contributed by atoms with E-state index in [-0.39, 0.29) is 28.8 Å². The average molecular weight is 680 g/mol. The number of carbonyl (C=O) groups excluding carboxylic acids is 5. The lowest BCUT2D eigenvalue weighted by Gasteiger charge is -2.51. The Hall–Kier alpha value is -2.15. The molecule has 5 rings (SSSR count). The van der Waals surface area contributed by atoms with Crippen molar-refractivity contribution in [1.82, 2.24) is 9.80 Å².